The molecule has 2 aliphatic rings. The average molecular weight is 242 g/mol. The summed E-state index contributed by atoms with van der Waals surface area (Å²) in [5, 5.41) is 3.34. The number of ether oxygens (including phenoxy) is 2. The first kappa shape index (κ1) is 12.6. The van der Waals surface area contributed by atoms with Crippen molar-refractivity contribution < 1.29 is 14.3 Å². The highest BCUT2D eigenvalue weighted by Crippen LogP contribution is 2.33. The van der Waals surface area contributed by atoms with Crippen molar-refractivity contribution in [3.8, 4) is 0 Å². The van der Waals surface area contributed by atoms with E-state index in [1.54, 1.807) is 12.0 Å². The number of methoxy groups -OCH3 is 1. The number of fused-ring (bicyclic) bond motifs is 1. The fourth-order valence-corrected chi connectivity index (χ4v) is 2.68. The Balaban J connectivity index is 2.03. The van der Waals surface area contributed by atoms with E-state index in [4.69, 9.17) is 9.47 Å². The van der Waals surface area contributed by atoms with Gasteiger partial charge < -0.3 is 14.8 Å². The van der Waals surface area contributed by atoms with Crippen molar-refractivity contribution in [3.63, 3.8) is 0 Å². The quantitative estimate of drug-likeness (QED) is 0.746. The van der Waals surface area contributed by atoms with Gasteiger partial charge in [0.05, 0.1) is 0 Å². The lowest BCUT2D eigenvalue weighted by atomic mass is 9.99. The zero-order chi connectivity index (χ0) is 12.6. The summed E-state index contributed by atoms with van der Waals surface area (Å²) in [5.41, 5.74) is -0.453. The minimum Gasteiger partial charge on any atom is -0.444 e. The Kier molecular flexibility index (Phi) is 3.32. The molecule has 0 bridgehead atoms. The number of rotatable bonds is 1. The van der Waals surface area contributed by atoms with Crippen molar-refractivity contribution in [3.05, 3.63) is 0 Å². The molecule has 0 spiro atoms. The lowest BCUT2D eigenvalue weighted by Gasteiger charge is -2.29. The van der Waals surface area contributed by atoms with E-state index in [9.17, 15) is 4.79 Å². The standard InChI is InChI=1S/C12H22N2O3/c1-12(2,3)17-11(15)14-7-8-5-13-6-9(8)10(14)16-4/h8-10,13H,5-7H2,1-4H3. The first-order valence-corrected chi connectivity index (χ1v) is 6.15. The Labute approximate surface area is 102 Å². The Bertz CT molecular complexity index is 301. The third-order valence-corrected chi connectivity index (χ3v) is 3.37. The Hall–Kier alpha value is -0.810. The van der Waals surface area contributed by atoms with Gasteiger partial charge in [0.25, 0.3) is 0 Å². The molecule has 1 N–H and O–H groups in total. The summed E-state index contributed by atoms with van der Waals surface area (Å²) >= 11 is 0. The monoisotopic (exact) mass is 242 g/mol. The van der Waals surface area contributed by atoms with Crippen LogP contribution in [-0.2, 0) is 9.47 Å². The maximum absolute atomic E-state index is 12.1. The van der Waals surface area contributed by atoms with Crippen molar-refractivity contribution in [1.82, 2.24) is 10.2 Å². The molecule has 2 fully saturated rings. The molecule has 98 valence electrons. The van der Waals surface area contributed by atoms with Gasteiger partial charge in [-0.3, -0.25) is 4.90 Å². The van der Waals surface area contributed by atoms with Crippen LogP contribution in [0.3, 0.4) is 0 Å². The van der Waals surface area contributed by atoms with Crippen LogP contribution in [0.1, 0.15) is 20.8 Å². The molecule has 5 heteroatoms. The topological polar surface area (TPSA) is 50.8 Å². The van der Waals surface area contributed by atoms with Crippen LogP contribution < -0.4 is 5.32 Å². The summed E-state index contributed by atoms with van der Waals surface area (Å²) in [6.07, 6.45) is -0.413. The Morgan fingerprint density at radius 1 is 1.35 bits per heavy atom. The normalized spacial score (nSPS) is 32.7. The van der Waals surface area contributed by atoms with Crippen molar-refractivity contribution in [1.29, 1.82) is 0 Å². The summed E-state index contributed by atoms with van der Waals surface area (Å²) in [4.78, 5) is 13.8. The third kappa shape index (κ3) is 2.55. The highest BCUT2D eigenvalue weighted by atomic mass is 16.6. The predicted molar refractivity (Wildman–Crippen MR) is 63.6 cm³/mol. The molecule has 0 aliphatic carbocycles. The first-order valence-electron chi connectivity index (χ1n) is 6.15. The van der Waals surface area contributed by atoms with Crippen LogP contribution in [0.2, 0.25) is 0 Å². The largest absolute Gasteiger partial charge is 0.444 e. The number of carbonyl (C=O) groups excluding carboxylic acids is 1. The van der Waals surface area contributed by atoms with Gasteiger partial charge in [-0.05, 0) is 26.7 Å². The third-order valence-electron chi connectivity index (χ3n) is 3.37. The zero-order valence-corrected chi connectivity index (χ0v) is 11.0. The Morgan fingerprint density at radius 3 is 2.65 bits per heavy atom. The van der Waals surface area contributed by atoms with Crippen LogP contribution in [0.15, 0.2) is 0 Å². The molecule has 0 aromatic heterocycles. The molecule has 2 aliphatic heterocycles. The van der Waals surface area contributed by atoms with Gasteiger partial charge >= 0.3 is 6.09 Å². The second-order valence-electron chi connectivity index (χ2n) is 5.84. The van der Waals surface area contributed by atoms with Crippen LogP contribution in [-0.4, -0.2) is 49.6 Å². The van der Waals surface area contributed by atoms with E-state index >= 15 is 0 Å². The molecule has 2 rings (SSSR count). The van der Waals surface area contributed by atoms with E-state index in [1.165, 1.54) is 0 Å². The average Bonchev–Trinajstić information content (AvgIpc) is 2.72. The summed E-state index contributed by atoms with van der Waals surface area (Å²) < 4.78 is 10.9. The lowest BCUT2D eigenvalue weighted by Crippen LogP contribution is -2.43. The van der Waals surface area contributed by atoms with Gasteiger partial charge in [-0.2, -0.15) is 0 Å². The molecule has 3 unspecified atom stereocenters. The van der Waals surface area contributed by atoms with Crippen LogP contribution in [0.25, 0.3) is 0 Å². The molecule has 17 heavy (non-hydrogen) atoms. The molecule has 2 saturated heterocycles. The maximum atomic E-state index is 12.1. The summed E-state index contributed by atoms with van der Waals surface area (Å²) in [5.74, 6) is 0.889. The molecule has 3 atom stereocenters. The van der Waals surface area contributed by atoms with E-state index in [0.717, 1.165) is 19.6 Å². The molecule has 0 radical (unpaired) electrons. The number of carbonyl (C=O) groups is 1. The number of nitrogens with one attached hydrogen (secondary N) is 1. The SMILES string of the molecule is COC1C2CNCC2CN1C(=O)OC(C)(C)C. The highest BCUT2D eigenvalue weighted by molar-refractivity contribution is 5.69. The molecule has 2 heterocycles. The molecule has 5 nitrogen and oxygen atoms in total. The van der Waals surface area contributed by atoms with Crippen molar-refractivity contribution >= 4 is 6.09 Å². The minimum absolute atomic E-state index is 0.148. The second-order valence-corrected chi connectivity index (χ2v) is 5.84. The van der Waals surface area contributed by atoms with Gasteiger partial charge in [0, 0.05) is 32.7 Å². The minimum atomic E-state index is -0.453. The van der Waals surface area contributed by atoms with E-state index in [0.29, 0.717) is 11.8 Å². The van der Waals surface area contributed by atoms with Crippen molar-refractivity contribution in [2.45, 2.75) is 32.6 Å². The van der Waals surface area contributed by atoms with Crippen LogP contribution in [0, 0.1) is 11.8 Å². The summed E-state index contributed by atoms with van der Waals surface area (Å²) in [6, 6.07) is 0. The van der Waals surface area contributed by atoms with Gasteiger partial charge in [0.15, 0.2) is 0 Å². The van der Waals surface area contributed by atoms with E-state index in [-0.39, 0.29) is 12.3 Å². The van der Waals surface area contributed by atoms with Crippen LogP contribution in [0.4, 0.5) is 4.79 Å². The van der Waals surface area contributed by atoms with Crippen molar-refractivity contribution in [2.75, 3.05) is 26.7 Å². The molecule has 0 aromatic rings. The molecular formula is C12H22N2O3. The smallest absolute Gasteiger partial charge is 0.412 e. The molecular weight excluding hydrogens is 220 g/mol. The van der Waals surface area contributed by atoms with E-state index < -0.39 is 5.60 Å². The Morgan fingerprint density at radius 2 is 2.06 bits per heavy atom. The molecule has 0 saturated carbocycles. The fourth-order valence-electron chi connectivity index (χ4n) is 2.68. The van der Waals surface area contributed by atoms with Gasteiger partial charge in [-0.1, -0.05) is 0 Å². The number of amides is 1. The van der Waals surface area contributed by atoms with Gasteiger partial charge in [-0.15, -0.1) is 0 Å². The van der Waals surface area contributed by atoms with E-state index in [1.807, 2.05) is 20.8 Å². The number of nitrogens with zero attached hydrogens (tertiary/aromatic N) is 1. The van der Waals surface area contributed by atoms with E-state index in [2.05, 4.69) is 5.32 Å². The van der Waals surface area contributed by atoms with Gasteiger partial charge in [0.2, 0.25) is 0 Å². The number of hydrogen-bond donors (Lipinski definition) is 1. The second kappa shape index (κ2) is 4.46. The summed E-state index contributed by atoms with van der Waals surface area (Å²) in [6.45, 7) is 8.25. The van der Waals surface area contributed by atoms with Crippen LogP contribution >= 0.6 is 0 Å². The maximum Gasteiger partial charge on any atom is 0.412 e. The summed E-state index contributed by atoms with van der Waals surface area (Å²) in [7, 11) is 1.66. The van der Waals surface area contributed by atoms with Crippen LogP contribution in [0.5, 0.6) is 0 Å². The number of likely N-dealkylation sites (tertiary alicyclic amines) is 1. The van der Waals surface area contributed by atoms with Gasteiger partial charge in [0.1, 0.15) is 11.8 Å². The number of hydrogen-bond acceptors (Lipinski definition) is 4. The first-order chi connectivity index (χ1) is 7.92. The molecule has 1 amide bonds. The van der Waals surface area contributed by atoms with Crippen molar-refractivity contribution in [2.24, 2.45) is 11.8 Å². The highest BCUT2D eigenvalue weighted by Gasteiger charge is 2.47. The lowest BCUT2D eigenvalue weighted by molar-refractivity contribution is -0.0452. The fraction of sp³-hybridized carbons (Fsp3) is 0.917. The molecule has 0 aromatic carbocycles. The van der Waals surface area contributed by atoms with Gasteiger partial charge in [-0.25, -0.2) is 4.79 Å². The predicted octanol–water partition coefficient (Wildman–Crippen LogP) is 1.05. The zero-order valence-electron chi connectivity index (χ0n) is 11.0.